The first kappa shape index (κ1) is 12.4. The Morgan fingerprint density at radius 1 is 1.29 bits per heavy atom. The van der Waals surface area contributed by atoms with Crippen molar-refractivity contribution in [3.63, 3.8) is 0 Å². The predicted octanol–water partition coefficient (Wildman–Crippen LogP) is 2.03. The van der Waals surface area contributed by atoms with Crippen LogP contribution in [0.15, 0.2) is 0 Å². The van der Waals surface area contributed by atoms with Crippen LogP contribution in [-0.4, -0.2) is 34.5 Å². The maximum Gasteiger partial charge on any atom is 0.326 e. The molecule has 96 valence electrons. The number of aliphatic carboxylic acids is 1. The Morgan fingerprint density at radius 3 is 2.47 bits per heavy atom. The van der Waals surface area contributed by atoms with Gasteiger partial charge in [-0.2, -0.15) is 0 Å². The molecule has 0 bridgehead atoms. The molecule has 1 aliphatic heterocycles. The molecule has 0 aromatic carbocycles. The molecule has 0 spiro atoms. The smallest absolute Gasteiger partial charge is 0.326 e. The van der Waals surface area contributed by atoms with E-state index in [1.807, 2.05) is 0 Å². The summed E-state index contributed by atoms with van der Waals surface area (Å²) in [5.74, 6) is -0.748. The summed E-state index contributed by atoms with van der Waals surface area (Å²) in [4.78, 5) is 25.3. The van der Waals surface area contributed by atoms with E-state index in [2.05, 4.69) is 6.92 Å². The van der Waals surface area contributed by atoms with Crippen LogP contribution in [0, 0.1) is 5.41 Å². The minimum atomic E-state index is -0.847. The molecule has 1 atom stereocenters. The Morgan fingerprint density at radius 2 is 1.94 bits per heavy atom. The summed E-state index contributed by atoms with van der Waals surface area (Å²) in [6, 6.07) is -0.577. The highest BCUT2D eigenvalue weighted by atomic mass is 16.4. The summed E-state index contributed by atoms with van der Waals surface area (Å²) in [7, 11) is 0. The van der Waals surface area contributed by atoms with Crippen molar-refractivity contribution in [1.29, 1.82) is 0 Å². The van der Waals surface area contributed by atoms with Crippen molar-refractivity contribution in [3.05, 3.63) is 0 Å². The van der Waals surface area contributed by atoms with Gasteiger partial charge in [0.15, 0.2) is 0 Å². The molecule has 1 amide bonds. The van der Waals surface area contributed by atoms with Crippen LogP contribution in [-0.2, 0) is 9.59 Å². The molecule has 0 aromatic rings. The molecule has 2 rings (SSSR count). The molecule has 2 fully saturated rings. The molecule has 4 nitrogen and oxygen atoms in total. The molecule has 4 heteroatoms. The minimum absolute atomic E-state index is 0.0994. The maximum atomic E-state index is 12.6. The fraction of sp³-hybridized carbons (Fsp3) is 0.846. The van der Waals surface area contributed by atoms with E-state index < -0.39 is 12.0 Å². The standard InChI is InChI=1S/C13H21NO3/c1-2-13(7-3-4-8-13)12(17)14-9-5-6-10(14)11(15)16/h10H,2-9H2,1H3,(H,15,16)/t10-/m1/s1. The zero-order chi connectivity index (χ0) is 12.5. The number of carboxylic acid groups (broad SMARTS) is 1. The van der Waals surface area contributed by atoms with Gasteiger partial charge in [-0.25, -0.2) is 4.79 Å². The zero-order valence-electron chi connectivity index (χ0n) is 10.4. The van der Waals surface area contributed by atoms with Crippen molar-refractivity contribution < 1.29 is 14.7 Å². The normalized spacial score (nSPS) is 27.4. The minimum Gasteiger partial charge on any atom is -0.480 e. The van der Waals surface area contributed by atoms with Gasteiger partial charge < -0.3 is 10.0 Å². The van der Waals surface area contributed by atoms with Gasteiger partial charge in [0.2, 0.25) is 5.91 Å². The average Bonchev–Trinajstić information content (AvgIpc) is 2.98. The molecule has 17 heavy (non-hydrogen) atoms. The first-order chi connectivity index (χ1) is 8.10. The number of carboxylic acids is 1. The molecule has 1 aliphatic carbocycles. The Bertz CT molecular complexity index is 321. The van der Waals surface area contributed by atoms with Crippen LogP contribution in [0.5, 0.6) is 0 Å². The lowest BCUT2D eigenvalue weighted by Crippen LogP contribution is -2.47. The molecular formula is C13H21NO3. The number of carbonyl (C=O) groups is 2. The van der Waals surface area contributed by atoms with Gasteiger partial charge >= 0.3 is 5.97 Å². The molecule has 0 unspecified atom stereocenters. The average molecular weight is 239 g/mol. The van der Waals surface area contributed by atoms with E-state index in [0.29, 0.717) is 13.0 Å². The third kappa shape index (κ3) is 2.05. The number of hydrogen-bond acceptors (Lipinski definition) is 2. The molecule has 1 saturated heterocycles. The second-order valence-electron chi connectivity index (χ2n) is 5.34. The maximum absolute atomic E-state index is 12.6. The summed E-state index contributed by atoms with van der Waals surface area (Å²) in [6.45, 7) is 2.67. The van der Waals surface area contributed by atoms with Crippen molar-refractivity contribution in [1.82, 2.24) is 4.90 Å². The number of nitrogens with zero attached hydrogens (tertiary/aromatic N) is 1. The van der Waals surface area contributed by atoms with Crippen molar-refractivity contribution in [2.45, 2.75) is 57.9 Å². The SMILES string of the molecule is CCC1(C(=O)N2CCC[C@@H]2C(=O)O)CCCC1. The van der Waals surface area contributed by atoms with Gasteiger partial charge in [0.1, 0.15) is 6.04 Å². The van der Waals surface area contributed by atoms with Crippen LogP contribution in [0.3, 0.4) is 0 Å². The van der Waals surface area contributed by atoms with E-state index in [1.54, 1.807) is 4.90 Å². The van der Waals surface area contributed by atoms with E-state index in [9.17, 15) is 9.59 Å². The van der Waals surface area contributed by atoms with E-state index in [1.165, 1.54) is 0 Å². The van der Waals surface area contributed by atoms with Crippen LogP contribution in [0.2, 0.25) is 0 Å². The van der Waals surface area contributed by atoms with E-state index in [-0.39, 0.29) is 11.3 Å². The monoisotopic (exact) mass is 239 g/mol. The predicted molar refractivity (Wildman–Crippen MR) is 63.6 cm³/mol. The number of likely N-dealkylation sites (tertiary alicyclic amines) is 1. The van der Waals surface area contributed by atoms with Crippen molar-refractivity contribution in [3.8, 4) is 0 Å². The van der Waals surface area contributed by atoms with Gasteiger partial charge in [-0.15, -0.1) is 0 Å². The van der Waals surface area contributed by atoms with Crippen LogP contribution in [0.25, 0.3) is 0 Å². The fourth-order valence-corrected chi connectivity index (χ4v) is 3.34. The van der Waals surface area contributed by atoms with Gasteiger partial charge in [-0.3, -0.25) is 4.79 Å². The highest BCUT2D eigenvalue weighted by Crippen LogP contribution is 2.43. The topological polar surface area (TPSA) is 57.6 Å². The molecular weight excluding hydrogens is 218 g/mol. The molecule has 1 N–H and O–H groups in total. The molecule has 0 aromatic heterocycles. The van der Waals surface area contributed by atoms with Crippen molar-refractivity contribution >= 4 is 11.9 Å². The first-order valence-corrected chi connectivity index (χ1v) is 6.64. The van der Waals surface area contributed by atoms with Gasteiger partial charge in [0.05, 0.1) is 0 Å². The third-order valence-corrected chi connectivity index (χ3v) is 4.49. The lowest BCUT2D eigenvalue weighted by molar-refractivity contribution is -0.153. The second kappa shape index (κ2) is 4.67. The molecule has 1 saturated carbocycles. The highest BCUT2D eigenvalue weighted by molar-refractivity contribution is 5.88. The number of amides is 1. The van der Waals surface area contributed by atoms with E-state index >= 15 is 0 Å². The molecule has 2 aliphatic rings. The van der Waals surface area contributed by atoms with Gasteiger partial charge in [-0.05, 0) is 32.1 Å². The van der Waals surface area contributed by atoms with Crippen molar-refractivity contribution in [2.24, 2.45) is 5.41 Å². The van der Waals surface area contributed by atoms with E-state index in [0.717, 1.165) is 38.5 Å². The second-order valence-corrected chi connectivity index (χ2v) is 5.34. The lowest BCUT2D eigenvalue weighted by Gasteiger charge is -2.33. The molecule has 0 radical (unpaired) electrons. The Balaban J connectivity index is 2.15. The first-order valence-electron chi connectivity index (χ1n) is 6.64. The Kier molecular flexibility index (Phi) is 3.40. The summed E-state index contributed by atoms with van der Waals surface area (Å²) in [5, 5.41) is 9.14. The molecule has 1 heterocycles. The van der Waals surface area contributed by atoms with Gasteiger partial charge in [0, 0.05) is 12.0 Å². The third-order valence-electron chi connectivity index (χ3n) is 4.49. The number of rotatable bonds is 3. The van der Waals surface area contributed by atoms with Gasteiger partial charge in [-0.1, -0.05) is 19.8 Å². The summed E-state index contributed by atoms with van der Waals surface area (Å²) in [6.07, 6.45) is 6.35. The summed E-state index contributed by atoms with van der Waals surface area (Å²) in [5.41, 5.74) is -0.252. The van der Waals surface area contributed by atoms with E-state index in [4.69, 9.17) is 5.11 Å². The zero-order valence-corrected chi connectivity index (χ0v) is 10.4. The van der Waals surface area contributed by atoms with Crippen LogP contribution < -0.4 is 0 Å². The largest absolute Gasteiger partial charge is 0.480 e. The van der Waals surface area contributed by atoms with Crippen LogP contribution in [0.1, 0.15) is 51.9 Å². The summed E-state index contributed by atoms with van der Waals surface area (Å²) >= 11 is 0. The number of hydrogen-bond donors (Lipinski definition) is 1. The van der Waals surface area contributed by atoms with Crippen LogP contribution in [0.4, 0.5) is 0 Å². The fourth-order valence-electron chi connectivity index (χ4n) is 3.34. The Labute approximate surface area is 102 Å². The quantitative estimate of drug-likeness (QED) is 0.819. The lowest BCUT2D eigenvalue weighted by atomic mass is 9.81. The highest BCUT2D eigenvalue weighted by Gasteiger charge is 2.46. The number of carbonyl (C=O) groups excluding carboxylic acids is 1. The van der Waals surface area contributed by atoms with Crippen molar-refractivity contribution in [2.75, 3.05) is 6.54 Å². The van der Waals surface area contributed by atoms with Gasteiger partial charge in [0.25, 0.3) is 0 Å². The summed E-state index contributed by atoms with van der Waals surface area (Å²) < 4.78 is 0. The van der Waals surface area contributed by atoms with Crippen LogP contribution >= 0.6 is 0 Å². The Hall–Kier alpha value is -1.06.